The number of carbonyl (C=O) groups is 1. The van der Waals surface area contributed by atoms with E-state index in [0.717, 1.165) is 5.69 Å². The molecule has 2 atom stereocenters. The van der Waals surface area contributed by atoms with Gasteiger partial charge in [-0.1, -0.05) is 24.3 Å². The first-order valence-electron chi connectivity index (χ1n) is 10.2. The fourth-order valence-corrected chi connectivity index (χ4v) is 6.30. The molecule has 1 N–H and O–H groups in total. The van der Waals surface area contributed by atoms with Crippen molar-refractivity contribution in [3.8, 4) is 0 Å². The van der Waals surface area contributed by atoms with Crippen LogP contribution in [0.5, 0.6) is 0 Å². The Hall–Kier alpha value is -3.04. The van der Waals surface area contributed by atoms with Crippen molar-refractivity contribution in [2.45, 2.75) is 10.4 Å². The molecule has 3 aromatic rings. The summed E-state index contributed by atoms with van der Waals surface area (Å²) >= 11 is 0. The third kappa shape index (κ3) is 3.24. The minimum Gasteiger partial charge on any atom is -0.351 e. The van der Waals surface area contributed by atoms with Crippen LogP contribution < -0.4 is 5.32 Å². The zero-order valence-electron chi connectivity index (χ0n) is 17.0. The minimum atomic E-state index is -3.63. The highest BCUT2D eigenvalue weighted by molar-refractivity contribution is 7.89. The number of aryl methyl sites for hydroxylation is 1. The quantitative estimate of drug-likeness (QED) is 0.629. The molecular formula is C22H23N5O3S. The van der Waals surface area contributed by atoms with Gasteiger partial charge in [0.05, 0.1) is 6.33 Å². The average Bonchev–Trinajstić information content (AvgIpc) is 3.14. The van der Waals surface area contributed by atoms with Gasteiger partial charge in [-0.15, -0.1) is 0 Å². The molecule has 1 aliphatic heterocycles. The first-order chi connectivity index (χ1) is 14.9. The number of nitrogens with one attached hydrogen (secondary N) is 1. The van der Waals surface area contributed by atoms with E-state index in [1.54, 1.807) is 29.9 Å². The highest BCUT2D eigenvalue weighted by atomic mass is 32.2. The maximum Gasteiger partial charge on any atom is 0.262 e. The summed E-state index contributed by atoms with van der Waals surface area (Å²) in [7, 11) is -1.89. The van der Waals surface area contributed by atoms with Gasteiger partial charge in [-0.2, -0.15) is 4.31 Å². The molecule has 1 amide bonds. The smallest absolute Gasteiger partial charge is 0.262 e. The standard InChI is InChI=1S/C22H23N5O3S/c1-26-13-20(25-15-26)31(29,30)27-11-17-18(12-27)22(17,19-9-5-6-10-23-19)14-24-21(28)16-7-3-2-4-8-16/h2-10,13,15,17-18H,11-12,14H2,1H3,(H,24,28). The van der Waals surface area contributed by atoms with Crippen molar-refractivity contribution in [2.24, 2.45) is 18.9 Å². The molecule has 2 aromatic heterocycles. The van der Waals surface area contributed by atoms with E-state index >= 15 is 0 Å². The molecule has 2 aliphatic rings. The topological polar surface area (TPSA) is 97.2 Å². The van der Waals surface area contributed by atoms with Crippen LogP contribution in [0.3, 0.4) is 0 Å². The largest absolute Gasteiger partial charge is 0.351 e. The molecule has 3 heterocycles. The lowest BCUT2D eigenvalue weighted by molar-refractivity contribution is 0.0946. The van der Waals surface area contributed by atoms with Gasteiger partial charge in [0.25, 0.3) is 15.9 Å². The number of piperidine rings is 1. The first-order valence-corrected chi connectivity index (χ1v) is 11.6. The number of hydrogen-bond acceptors (Lipinski definition) is 5. The fraction of sp³-hybridized carbons (Fsp3) is 0.318. The van der Waals surface area contributed by atoms with Crippen molar-refractivity contribution >= 4 is 15.9 Å². The van der Waals surface area contributed by atoms with Crippen molar-refractivity contribution in [3.63, 3.8) is 0 Å². The molecule has 8 nitrogen and oxygen atoms in total. The Morgan fingerprint density at radius 3 is 2.42 bits per heavy atom. The van der Waals surface area contributed by atoms with Crippen molar-refractivity contribution < 1.29 is 13.2 Å². The number of pyridine rings is 1. The highest BCUT2D eigenvalue weighted by Gasteiger charge is 2.70. The molecule has 0 spiro atoms. The molecule has 31 heavy (non-hydrogen) atoms. The summed E-state index contributed by atoms with van der Waals surface area (Å²) in [5, 5.41) is 3.12. The van der Waals surface area contributed by atoms with Crippen LogP contribution in [0.2, 0.25) is 0 Å². The van der Waals surface area contributed by atoms with Gasteiger partial charge < -0.3 is 9.88 Å². The van der Waals surface area contributed by atoms with Crippen molar-refractivity contribution in [2.75, 3.05) is 19.6 Å². The summed E-state index contributed by atoms with van der Waals surface area (Å²) in [6.45, 7) is 1.20. The normalized spacial score (nSPS) is 25.2. The third-order valence-corrected chi connectivity index (χ3v) is 8.22. The predicted octanol–water partition coefficient (Wildman–Crippen LogP) is 1.43. The molecule has 160 valence electrons. The van der Waals surface area contributed by atoms with E-state index in [4.69, 9.17) is 0 Å². The second-order valence-corrected chi connectivity index (χ2v) is 10.1. The maximum atomic E-state index is 13.0. The number of aromatic nitrogens is 3. The van der Waals surface area contributed by atoms with Crippen LogP contribution in [0.15, 0.2) is 72.3 Å². The van der Waals surface area contributed by atoms with E-state index in [0.29, 0.717) is 25.2 Å². The van der Waals surface area contributed by atoms with Gasteiger partial charge >= 0.3 is 0 Å². The van der Waals surface area contributed by atoms with Crippen LogP contribution in [-0.4, -0.2) is 52.8 Å². The van der Waals surface area contributed by atoms with Gasteiger partial charge in [-0.3, -0.25) is 9.78 Å². The Balaban J connectivity index is 1.36. The number of fused-ring (bicyclic) bond motifs is 1. The lowest BCUT2D eigenvalue weighted by Crippen LogP contribution is -2.41. The zero-order chi connectivity index (χ0) is 21.6. The molecule has 0 bridgehead atoms. The molecule has 2 fully saturated rings. The Bertz CT molecular complexity index is 1200. The van der Waals surface area contributed by atoms with E-state index < -0.39 is 10.0 Å². The molecule has 1 aromatic carbocycles. The van der Waals surface area contributed by atoms with Gasteiger partial charge in [0.15, 0.2) is 5.03 Å². The van der Waals surface area contributed by atoms with Crippen molar-refractivity contribution in [3.05, 3.63) is 78.5 Å². The molecule has 1 saturated heterocycles. The van der Waals surface area contributed by atoms with Crippen molar-refractivity contribution in [1.82, 2.24) is 24.2 Å². The van der Waals surface area contributed by atoms with Crippen LogP contribution >= 0.6 is 0 Å². The number of benzene rings is 1. The molecule has 5 rings (SSSR count). The Morgan fingerprint density at radius 2 is 1.81 bits per heavy atom. The van der Waals surface area contributed by atoms with E-state index in [1.165, 1.54) is 16.8 Å². The lowest BCUT2D eigenvalue weighted by atomic mass is 9.94. The van der Waals surface area contributed by atoms with Gasteiger partial charge in [0, 0.05) is 55.7 Å². The Morgan fingerprint density at radius 1 is 1.10 bits per heavy atom. The van der Waals surface area contributed by atoms with Crippen LogP contribution in [0.25, 0.3) is 0 Å². The van der Waals surface area contributed by atoms with E-state index in [1.807, 2.05) is 36.4 Å². The van der Waals surface area contributed by atoms with Gasteiger partial charge in [0.2, 0.25) is 0 Å². The monoisotopic (exact) mass is 437 g/mol. The lowest BCUT2D eigenvalue weighted by Gasteiger charge is -2.26. The number of rotatable bonds is 6. The highest BCUT2D eigenvalue weighted by Crippen LogP contribution is 2.63. The zero-order valence-corrected chi connectivity index (χ0v) is 17.9. The summed E-state index contributed by atoms with van der Waals surface area (Å²) in [6.07, 6.45) is 4.75. The van der Waals surface area contributed by atoms with Crippen LogP contribution in [0, 0.1) is 11.8 Å². The van der Waals surface area contributed by atoms with Crippen molar-refractivity contribution in [1.29, 1.82) is 0 Å². The van der Waals surface area contributed by atoms with Crippen LogP contribution in [0.4, 0.5) is 0 Å². The summed E-state index contributed by atoms with van der Waals surface area (Å²) in [5.41, 5.74) is 1.14. The van der Waals surface area contributed by atoms with Gasteiger partial charge in [-0.25, -0.2) is 13.4 Å². The second kappa shape index (κ2) is 7.28. The second-order valence-electron chi connectivity index (χ2n) is 8.22. The van der Waals surface area contributed by atoms with Crippen LogP contribution in [-0.2, 0) is 22.5 Å². The first kappa shape index (κ1) is 19.9. The van der Waals surface area contributed by atoms with E-state index in [2.05, 4.69) is 15.3 Å². The summed E-state index contributed by atoms with van der Waals surface area (Å²) < 4.78 is 29.1. The molecule has 1 saturated carbocycles. The number of sulfonamides is 1. The summed E-state index contributed by atoms with van der Waals surface area (Å²) in [6, 6.07) is 14.8. The third-order valence-electron chi connectivity index (χ3n) is 6.51. The maximum absolute atomic E-state index is 13.0. The molecule has 2 unspecified atom stereocenters. The Kier molecular flexibility index (Phi) is 4.67. The van der Waals surface area contributed by atoms with Gasteiger partial charge in [-0.05, 0) is 36.1 Å². The number of amides is 1. The average molecular weight is 438 g/mol. The minimum absolute atomic E-state index is 0.0668. The SMILES string of the molecule is Cn1cnc(S(=O)(=O)N2CC3C(C2)C3(CNC(=O)c2ccccc2)c2ccccn2)c1. The Labute approximate surface area is 181 Å². The number of hydrogen-bond donors (Lipinski definition) is 1. The molecule has 9 heteroatoms. The number of nitrogens with zero attached hydrogens (tertiary/aromatic N) is 4. The predicted molar refractivity (Wildman–Crippen MR) is 114 cm³/mol. The fourth-order valence-electron chi connectivity index (χ4n) is 4.84. The number of carbonyl (C=O) groups excluding carboxylic acids is 1. The molecule has 0 radical (unpaired) electrons. The number of imidazole rings is 1. The molecule has 1 aliphatic carbocycles. The van der Waals surface area contributed by atoms with E-state index in [-0.39, 0.29) is 28.2 Å². The summed E-state index contributed by atoms with van der Waals surface area (Å²) in [4.78, 5) is 21.2. The van der Waals surface area contributed by atoms with Crippen LogP contribution in [0.1, 0.15) is 16.1 Å². The summed E-state index contributed by atoms with van der Waals surface area (Å²) in [5.74, 6) is 0.0489. The van der Waals surface area contributed by atoms with Gasteiger partial charge in [0.1, 0.15) is 0 Å². The van der Waals surface area contributed by atoms with E-state index in [9.17, 15) is 13.2 Å². The molecular weight excluding hydrogens is 414 g/mol.